The highest BCUT2D eigenvalue weighted by Crippen LogP contribution is 2.13. The Bertz CT molecular complexity index is 374. The van der Waals surface area contributed by atoms with Gasteiger partial charge in [-0.05, 0) is 19.4 Å². The molecule has 1 heterocycles. The third-order valence-corrected chi connectivity index (χ3v) is 2.64. The van der Waals surface area contributed by atoms with Gasteiger partial charge in [0.15, 0.2) is 0 Å². The minimum atomic E-state index is -0.0771. The molecule has 0 atom stereocenters. The molecule has 5 nitrogen and oxygen atoms in total. The van der Waals surface area contributed by atoms with Crippen molar-refractivity contribution in [3.05, 3.63) is 18.0 Å². The molecule has 0 fully saturated rings. The van der Waals surface area contributed by atoms with Gasteiger partial charge >= 0.3 is 0 Å². The number of anilines is 1. The number of aryl methyl sites for hydroxylation is 1. The fourth-order valence-corrected chi connectivity index (χ4v) is 1.82. The van der Waals surface area contributed by atoms with Crippen LogP contribution in [0.2, 0.25) is 0 Å². The largest absolute Gasteiger partial charge is 0.397 e. The second-order valence-corrected chi connectivity index (χ2v) is 3.96. The van der Waals surface area contributed by atoms with Crippen LogP contribution in [0, 0.1) is 0 Å². The van der Waals surface area contributed by atoms with Crippen molar-refractivity contribution in [2.45, 2.75) is 26.8 Å². The summed E-state index contributed by atoms with van der Waals surface area (Å²) in [6.45, 7) is 5.63. The van der Waals surface area contributed by atoms with Crippen molar-refractivity contribution in [2.24, 2.45) is 0 Å². The highest BCUT2D eigenvalue weighted by Gasteiger charge is 2.18. The molecule has 0 unspecified atom stereocenters. The summed E-state index contributed by atoms with van der Waals surface area (Å²) in [5.41, 5.74) is 6.92. The fraction of sp³-hybridized carbons (Fsp3) is 0.583. The first-order chi connectivity index (χ1) is 8.13. The van der Waals surface area contributed by atoms with E-state index in [-0.39, 0.29) is 12.5 Å². The summed E-state index contributed by atoms with van der Waals surface area (Å²) >= 11 is 0. The number of rotatable bonds is 6. The molecule has 5 heteroatoms. The van der Waals surface area contributed by atoms with Crippen LogP contribution in [0.5, 0.6) is 0 Å². The van der Waals surface area contributed by atoms with Crippen LogP contribution in [0.25, 0.3) is 0 Å². The molecule has 1 amide bonds. The van der Waals surface area contributed by atoms with Crippen LogP contribution in [0.1, 0.15) is 30.8 Å². The first kappa shape index (κ1) is 13.6. The minimum absolute atomic E-state index is 0.0243. The number of aliphatic hydroxyl groups is 1. The topological polar surface area (TPSA) is 71.5 Å². The second-order valence-electron chi connectivity index (χ2n) is 3.96. The number of hydrogen-bond donors (Lipinski definition) is 2. The molecule has 0 radical (unpaired) electrons. The van der Waals surface area contributed by atoms with Gasteiger partial charge in [0.2, 0.25) is 0 Å². The predicted molar refractivity (Wildman–Crippen MR) is 67.8 cm³/mol. The van der Waals surface area contributed by atoms with Crippen LogP contribution >= 0.6 is 0 Å². The smallest absolute Gasteiger partial charge is 0.270 e. The molecular weight excluding hydrogens is 218 g/mol. The van der Waals surface area contributed by atoms with Gasteiger partial charge in [0.25, 0.3) is 5.91 Å². The zero-order valence-corrected chi connectivity index (χ0v) is 10.5. The Balaban J connectivity index is 2.93. The lowest BCUT2D eigenvalue weighted by molar-refractivity contribution is 0.0721. The maximum Gasteiger partial charge on any atom is 0.270 e. The molecule has 0 aliphatic rings. The van der Waals surface area contributed by atoms with Gasteiger partial charge in [-0.2, -0.15) is 0 Å². The molecule has 96 valence electrons. The van der Waals surface area contributed by atoms with Crippen molar-refractivity contribution >= 4 is 11.6 Å². The number of nitrogens with zero attached hydrogens (tertiary/aromatic N) is 2. The molecular formula is C12H21N3O2. The lowest BCUT2D eigenvalue weighted by Gasteiger charge is -2.20. The normalized spacial score (nSPS) is 10.5. The maximum absolute atomic E-state index is 12.2. The van der Waals surface area contributed by atoms with Crippen molar-refractivity contribution in [3.63, 3.8) is 0 Å². The van der Waals surface area contributed by atoms with Gasteiger partial charge in [-0.15, -0.1) is 0 Å². The molecule has 0 bridgehead atoms. The first-order valence-corrected chi connectivity index (χ1v) is 5.99. The van der Waals surface area contributed by atoms with Crippen LogP contribution in [0.3, 0.4) is 0 Å². The summed E-state index contributed by atoms with van der Waals surface area (Å²) < 4.78 is 1.87. The number of carbonyl (C=O) groups is 1. The van der Waals surface area contributed by atoms with Crippen molar-refractivity contribution in [2.75, 3.05) is 25.4 Å². The van der Waals surface area contributed by atoms with Gasteiger partial charge < -0.3 is 20.3 Å². The Morgan fingerprint density at radius 3 is 2.76 bits per heavy atom. The van der Waals surface area contributed by atoms with E-state index in [2.05, 4.69) is 6.92 Å². The highest BCUT2D eigenvalue weighted by atomic mass is 16.3. The van der Waals surface area contributed by atoms with E-state index in [9.17, 15) is 4.79 Å². The van der Waals surface area contributed by atoms with E-state index in [4.69, 9.17) is 10.8 Å². The molecule has 0 aliphatic carbocycles. The number of nitrogens with two attached hydrogens (primary N) is 1. The van der Waals surface area contributed by atoms with Gasteiger partial charge in [-0.1, -0.05) is 6.92 Å². The average Bonchev–Trinajstić information content (AvgIpc) is 2.67. The van der Waals surface area contributed by atoms with Crippen LogP contribution in [-0.2, 0) is 6.54 Å². The minimum Gasteiger partial charge on any atom is -0.397 e. The van der Waals surface area contributed by atoms with E-state index < -0.39 is 0 Å². The fourth-order valence-electron chi connectivity index (χ4n) is 1.82. The Labute approximate surface area is 102 Å². The molecule has 0 aromatic carbocycles. The Hall–Kier alpha value is -1.49. The zero-order chi connectivity index (χ0) is 12.8. The SMILES string of the molecule is CCCn1cc(N)cc1C(=O)N(CC)CCO. The molecule has 1 aromatic rings. The van der Waals surface area contributed by atoms with Gasteiger partial charge in [0.1, 0.15) is 5.69 Å². The number of amides is 1. The Morgan fingerprint density at radius 1 is 1.53 bits per heavy atom. The number of aromatic nitrogens is 1. The average molecular weight is 239 g/mol. The van der Waals surface area contributed by atoms with E-state index in [0.717, 1.165) is 13.0 Å². The van der Waals surface area contributed by atoms with E-state index in [1.165, 1.54) is 0 Å². The molecule has 1 aromatic heterocycles. The van der Waals surface area contributed by atoms with Crippen LogP contribution in [0.15, 0.2) is 12.3 Å². The number of nitrogen functional groups attached to an aromatic ring is 1. The van der Waals surface area contributed by atoms with E-state index >= 15 is 0 Å². The number of hydrogen-bond acceptors (Lipinski definition) is 3. The quantitative estimate of drug-likeness (QED) is 0.776. The lowest BCUT2D eigenvalue weighted by Crippen LogP contribution is -2.34. The van der Waals surface area contributed by atoms with Crippen molar-refractivity contribution in [1.29, 1.82) is 0 Å². The molecule has 0 saturated heterocycles. The van der Waals surface area contributed by atoms with Gasteiger partial charge in [0.05, 0.1) is 12.3 Å². The number of likely N-dealkylation sites (N-methyl/N-ethyl adjacent to an activating group) is 1. The Kier molecular flexibility index (Phi) is 5.03. The van der Waals surface area contributed by atoms with Crippen LogP contribution in [-0.4, -0.2) is 40.2 Å². The first-order valence-electron chi connectivity index (χ1n) is 5.99. The van der Waals surface area contributed by atoms with E-state index in [0.29, 0.717) is 24.5 Å². The van der Waals surface area contributed by atoms with Crippen LogP contribution < -0.4 is 5.73 Å². The standard InChI is InChI=1S/C12H21N3O2/c1-3-5-15-9-10(13)8-11(15)12(17)14(4-2)6-7-16/h8-9,16H,3-7,13H2,1-2H3. The molecule has 0 aliphatic heterocycles. The summed E-state index contributed by atoms with van der Waals surface area (Å²) in [4.78, 5) is 13.8. The number of carbonyl (C=O) groups excluding carboxylic acids is 1. The van der Waals surface area contributed by atoms with Crippen molar-refractivity contribution < 1.29 is 9.90 Å². The van der Waals surface area contributed by atoms with Gasteiger partial charge in [-0.3, -0.25) is 4.79 Å². The third kappa shape index (κ3) is 3.23. The predicted octanol–water partition coefficient (Wildman–Crippen LogP) is 0.935. The molecule has 3 N–H and O–H groups in total. The van der Waals surface area contributed by atoms with Crippen LogP contribution in [0.4, 0.5) is 5.69 Å². The molecule has 17 heavy (non-hydrogen) atoms. The van der Waals surface area contributed by atoms with E-state index in [1.807, 2.05) is 11.5 Å². The molecule has 1 rings (SSSR count). The summed E-state index contributed by atoms with van der Waals surface area (Å²) in [5, 5.41) is 8.92. The van der Waals surface area contributed by atoms with Gasteiger partial charge in [0, 0.05) is 25.8 Å². The number of aliphatic hydroxyl groups excluding tert-OH is 1. The summed E-state index contributed by atoms with van der Waals surface area (Å²) in [6.07, 6.45) is 2.73. The maximum atomic E-state index is 12.2. The summed E-state index contributed by atoms with van der Waals surface area (Å²) in [7, 11) is 0. The van der Waals surface area contributed by atoms with Crippen molar-refractivity contribution in [3.8, 4) is 0 Å². The molecule has 0 spiro atoms. The van der Waals surface area contributed by atoms with Crippen molar-refractivity contribution in [1.82, 2.24) is 9.47 Å². The lowest BCUT2D eigenvalue weighted by atomic mass is 10.3. The monoisotopic (exact) mass is 239 g/mol. The van der Waals surface area contributed by atoms with E-state index in [1.54, 1.807) is 17.2 Å². The zero-order valence-electron chi connectivity index (χ0n) is 10.5. The Morgan fingerprint density at radius 2 is 2.24 bits per heavy atom. The molecule has 0 saturated carbocycles. The highest BCUT2D eigenvalue weighted by molar-refractivity contribution is 5.93. The summed E-state index contributed by atoms with van der Waals surface area (Å²) in [6, 6.07) is 1.69. The second kappa shape index (κ2) is 6.30. The summed E-state index contributed by atoms with van der Waals surface area (Å²) in [5.74, 6) is -0.0771. The third-order valence-electron chi connectivity index (χ3n) is 2.64. The van der Waals surface area contributed by atoms with Gasteiger partial charge in [-0.25, -0.2) is 0 Å².